The van der Waals surface area contributed by atoms with E-state index in [-0.39, 0.29) is 11.5 Å². The molecule has 0 unspecified atom stereocenters. The zero-order chi connectivity index (χ0) is 13.7. The van der Waals surface area contributed by atoms with E-state index in [1.54, 1.807) is 12.1 Å². The molecule has 0 saturated carbocycles. The molecule has 1 aliphatic heterocycles. The smallest absolute Gasteiger partial charge is 0.164 e. The molecule has 4 nitrogen and oxygen atoms in total. The van der Waals surface area contributed by atoms with Crippen molar-refractivity contribution in [2.75, 3.05) is 26.7 Å². The second-order valence-corrected chi connectivity index (χ2v) is 4.96. The molecule has 1 saturated heterocycles. The standard InChI is InChI=1S/C15H21NO3/c1-19-15-11-12(5-6-14(15)18)13(17)7-10-16-8-3-2-4-9-16/h5-6,11,18H,2-4,7-10H2,1H3. The van der Waals surface area contributed by atoms with Gasteiger partial charge in [-0.15, -0.1) is 0 Å². The number of Topliss-reactive ketones (excluding diaryl/α,β-unsaturated/α-hetero) is 1. The maximum Gasteiger partial charge on any atom is 0.164 e. The maximum absolute atomic E-state index is 12.1. The van der Waals surface area contributed by atoms with E-state index in [4.69, 9.17) is 4.74 Å². The molecule has 1 heterocycles. The molecule has 104 valence electrons. The largest absolute Gasteiger partial charge is 0.504 e. The van der Waals surface area contributed by atoms with Crippen molar-refractivity contribution in [2.24, 2.45) is 0 Å². The average Bonchev–Trinajstić information content (AvgIpc) is 2.46. The SMILES string of the molecule is COc1cc(C(=O)CCN2CCCCC2)ccc1O. The first-order chi connectivity index (χ1) is 9.20. The van der Waals surface area contributed by atoms with Gasteiger partial charge in [0.15, 0.2) is 17.3 Å². The van der Waals surface area contributed by atoms with Crippen LogP contribution in [0.2, 0.25) is 0 Å². The van der Waals surface area contributed by atoms with Crippen LogP contribution < -0.4 is 4.74 Å². The molecule has 0 spiro atoms. The van der Waals surface area contributed by atoms with Crippen LogP contribution in [0.5, 0.6) is 11.5 Å². The summed E-state index contributed by atoms with van der Waals surface area (Å²) in [5, 5.41) is 9.51. The topological polar surface area (TPSA) is 49.8 Å². The van der Waals surface area contributed by atoms with Crippen molar-refractivity contribution in [1.29, 1.82) is 0 Å². The van der Waals surface area contributed by atoms with Crippen molar-refractivity contribution in [3.63, 3.8) is 0 Å². The molecule has 2 rings (SSSR count). The molecular formula is C15H21NO3. The summed E-state index contributed by atoms with van der Waals surface area (Å²) in [4.78, 5) is 14.4. The van der Waals surface area contributed by atoms with E-state index >= 15 is 0 Å². The third-order valence-electron chi connectivity index (χ3n) is 3.61. The minimum Gasteiger partial charge on any atom is -0.504 e. The van der Waals surface area contributed by atoms with Crippen LogP contribution in [0.15, 0.2) is 18.2 Å². The number of methoxy groups -OCH3 is 1. The average molecular weight is 263 g/mol. The zero-order valence-electron chi connectivity index (χ0n) is 11.4. The molecule has 0 radical (unpaired) electrons. The number of piperidine rings is 1. The van der Waals surface area contributed by atoms with Gasteiger partial charge in [0.05, 0.1) is 7.11 Å². The second kappa shape index (κ2) is 6.57. The molecule has 0 amide bonds. The number of nitrogens with zero attached hydrogens (tertiary/aromatic N) is 1. The number of phenols is 1. The number of carbonyl (C=O) groups excluding carboxylic acids is 1. The van der Waals surface area contributed by atoms with Crippen LogP contribution in [0.4, 0.5) is 0 Å². The monoisotopic (exact) mass is 263 g/mol. The molecule has 4 heteroatoms. The summed E-state index contributed by atoms with van der Waals surface area (Å²) in [5.41, 5.74) is 0.603. The first-order valence-electron chi connectivity index (χ1n) is 6.83. The highest BCUT2D eigenvalue weighted by atomic mass is 16.5. The number of ketones is 1. The molecule has 1 N–H and O–H groups in total. The van der Waals surface area contributed by atoms with Gasteiger partial charge in [-0.25, -0.2) is 0 Å². The molecule has 0 atom stereocenters. The summed E-state index contributed by atoms with van der Waals surface area (Å²) < 4.78 is 5.02. The van der Waals surface area contributed by atoms with Crippen molar-refractivity contribution in [3.05, 3.63) is 23.8 Å². The molecule has 0 aliphatic carbocycles. The van der Waals surface area contributed by atoms with Crippen LogP contribution in [-0.4, -0.2) is 42.5 Å². The molecular weight excluding hydrogens is 242 g/mol. The normalized spacial score (nSPS) is 16.3. The minimum absolute atomic E-state index is 0.0649. The van der Waals surface area contributed by atoms with Gasteiger partial charge >= 0.3 is 0 Å². The van der Waals surface area contributed by atoms with E-state index < -0.39 is 0 Å². The fourth-order valence-corrected chi connectivity index (χ4v) is 2.44. The summed E-state index contributed by atoms with van der Waals surface area (Å²) in [6.45, 7) is 3.03. The van der Waals surface area contributed by atoms with Crippen LogP contribution in [0.3, 0.4) is 0 Å². The van der Waals surface area contributed by atoms with Crippen LogP contribution in [0.1, 0.15) is 36.0 Å². The van der Waals surface area contributed by atoms with Crippen molar-refractivity contribution in [2.45, 2.75) is 25.7 Å². The highest BCUT2D eigenvalue weighted by Gasteiger charge is 2.14. The Hall–Kier alpha value is -1.55. The van der Waals surface area contributed by atoms with Crippen molar-refractivity contribution >= 4 is 5.78 Å². The number of benzene rings is 1. The van der Waals surface area contributed by atoms with Gasteiger partial charge in [0.2, 0.25) is 0 Å². The fourth-order valence-electron chi connectivity index (χ4n) is 2.44. The quantitative estimate of drug-likeness (QED) is 0.829. The predicted octanol–water partition coefficient (Wildman–Crippen LogP) is 2.46. The number of hydrogen-bond donors (Lipinski definition) is 1. The van der Waals surface area contributed by atoms with Gasteiger partial charge < -0.3 is 14.7 Å². The third kappa shape index (κ3) is 3.70. The summed E-state index contributed by atoms with van der Waals surface area (Å²) in [5.74, 6) is 0.516. The van der Waals surface area contributed by atoms with E-state index in [2.05, 4.69) is 4.90 Å². The summed E-state index contributed by atoms with van der Waals surface area (Å²) in [6.07, 6.45) is 4.30. The molecule has 1 aromatic carbocycles. The Bertz CT molecular complexity index is 439. The van der Waals surface area contributed by atoms with Gasteiger partial charge in [-0.2, -0.15) is 0 Å². The van der Waals surface area contributed by atoms with Gasteiger partial charge in [0.1, 0.15) is 0 Å². The van der Waals surface area contributed by atoms with Crippen molar-refractivity contribution < 1.29 is 14.6 Å². The highest BCUT2D eigenvalue weighted by Crippen LogP contribution is 2.26. The number of hydrogen-bond acceptors (Lipinski definition) is 4. The Morgan fingerprint density at radius 3 is 2.74 bits per heavy atom. The van der Waals surface area contributed by atoms with Gasteiger partial charge in [-0.3, -0.25) is 4.79 Å². The lowest BCUT2D eigenvalue weighted by Gasteiger charge is -2.25. The number of rotatable bonds is 5. The number of aromatic hydroxyl groups is 1. The molecule has 1 fully saturated rings. The third-order valence-corrected chi connectivity index (χ3v) is 3.61. The molecule has 19 heavy (non-hydrogen) atoms. The van der Waals surface area contributed by atoms with Gasteiger partial charge in [-0.1, -0.05) is 6.42 Å². The number of ether oxygens (including phenoxy) is 1. The predicted molar refractivity (Wildman–Crippen MR) is 73.9 cm³/mol. The number of phenolic OH excluding ortho intramolecular Hbond substituents is 1. The molecule has 0 bridgehead atoms. The Balaban J connectivity index is 1.92. The fraction of sp³-hybridized carbons (Fsp3) is 0.533. The second-order valence-electron chi connectivity index (χ2n) is 4.96. The lowest BCUT2D eigenvalue weighted by molar-refractivity contribution is 0.0958. The van der Waals surface area contributed by atoms with E-state index in [1.807, 2.05) is 0 Å². The first kappa shape index (κ1) is 13.9. The Kier molecular flexibility index (Phi) is 4.80. The zero-order valence-corrected chi connectivity index (χ0v) is 11.4. The van der Waals surface area contributed by atoms with Crippen LogP contribution in [-0.2, 0) is 0 Å². The number of likely N-dealkylation sites (tertiary alicyclic amines) is 1. The van der Waals surface area contributed by atoms with E-state index in [9.17, 15) is 9.90 Å². The molecule has 1 aromatic rings. The van der Waals surface area contributed by atoms with Crippen molar-refractivity contribution in [1.82, 2.24) is 4.90 Å². The van der Waals surface area contributed by atoms with Gasteiger partial charge in [0, 0.05) is 18.5 Å². The van der Waals surface area contributed by atoms with Gasteiger partial charge in [-0.05, 0) is 44.1 Å². The van der Waals surface area contributed by atoms with E-state index in [0.29, 0.717) is 17.7 Å². The van der Waals surface area contributed by atoms with Crippen LogP contribution >= 0.6 is 0 Å². The molecule has 1 aliphatic rings. The lowest BCUT2D eigenvalue weighted by Crippen LogP contribution is -2.31. The van der Waals surface area contributed by atoms with Crippen LogP contribution in [0.25, 0.3) is 0 Å². The number of carbonyl (C=O) groups is 1. The van der Waals surface area contributed by atoms with Crippen molar-refractivity contribution in [3.8, 4) is 11.5 Å². The van der Waals surface area contributed by atoms with Crippen LogP contribution in [0, 0.1) is 0 Å². The molecule has 0 aromatic heterocycles. The maximum atomic E-state index is 12.1. The van der Waals surface area contributed by atoms with E-state index in [0.717, 1.165) is 19.6 Å². The Morgan fingerprint density at radius 1 is 1.32 bits per heavy atom. The highest BCUT2D eigenvalue weighted by molar-refractivity contribution is 5.96. The summed E-state index contributed by atoms with van der Waals surface area (Å²) >= 11 is 0. The first-order valence-corrected chi connectivity index (χ1v) is 6.83. The summed E-state index contributed by atoms with van der Waals surface area (Å²) in [7, 11) is 1.48. The Labute approximate surface area is 114 Å². The lowest BCUT2D eigenvalue weighted by atomic mass is 10.1. The van der Waals surface area contributed by atoms with E-state index in [1.165, 1.54) is 32.4 Å². The minimum atomic E-state index is 0.0649. The van der Waals surface area contributed by atoms with Gasteiger partial charge in [0.25, 0.3) is 0 Å². The summed E-state index contributed by atoms with van der Waals surface area (Å²) in [6, 6.07) is 4.76. The Morgan fingerprint density at radius 2 is 2.05 bits per heavy atom.